The molecule has 4 heteroatoms. The van der Waals surface area contributed by atoms with Crippen molar-refractivity contribution in [1.29, 1.82) is 0 Å². The van der Waals surface area contributed by atoms with Crippen molar-refractivity contribution < 1.29 is 9.53 Å². The van der Waals surface area contributed by atoms with Crippen LogP contribution in [0.25, 0.3) is 0 Å². The van der Waals surface area contributed by atoms with Gasteiger partial charge in [-0.3, -0.25) is 10.2 Å². The van der Waals surface area contributed by atoms with E-state index in [2.05, 4.69) is 23.8 Å². The normalized spacial score (nSPS) is 10.1. The maximum absolute atomic E-state index is 11.2. The number of hydrogen-bond donors (Lipinski definition) is 2. The van der Waals surface area contributed by atoms with E-state index in [9.17, 15) is 4.79 Å². The van der Waals surface area contributed by atoms with Gasteiger partial charge in [-0.05, 0) is 37.5 Å². The number of benzene rings is 1. The first-order valence-corrected chi connectivity index (χ1v) is 5.71. The van der Waals surface area contributed by atoms with Gasteiger partial charge in [-0.2, -0.15) is 0 Å². The van der Waals surface area contributed by atoms with Gasteiger partial charge in [0.1, 0.15) is 5.75 Å². The quantitative estimate of drug-likeness (QED) is 0.764. The Balaban J connectivity index is 2.58. The van der Waals surface area contributed by atoms with Crippen molar-refractivity contribution in [2.75, 3.05) is 13.7 Å². The summed E-state index contributed by atoms with van der Waals surface area (Å²) in [6.07, 6.45) is 0.341. The number of rotatable bonds is 5. The van der Waals surface area contributed by atoms with E-state index in [1.165, 1.54) is 5.56 Å². The Labute approximate surface area is 102 Å². The number of amides is 1. The lowest BCUT2D eigenvalue weighted by molar-refractivity contribution is -0.122. The van der Waals surface area contributed by atoms with Crippen LogP contribution in [0.4, 0.5) is 0 Å². The lowest BCUT2D eigenvalue weighted by atomic mass is 10.1. The van der Waals surface area contributed by atoms with Crippen LogP contribution in [0.2, 0.25) is 0 Å². The van der Waals surface area contributed by atoms with Crippen LogP contribution >= 0.6 is 0 Å². The maximum atomic E-state index is 11.2. The predicted molar refractivity (Wildman–Crippen MR) is 68.0 cm³/mol. The molecule has 0 saturated carbocycles. The highest BCUT2D eigenvalue weighted by Gasteiger charge is 2.07. The SMILES string of the molecule is CNNC(=O)CCOc1c(C)ccc(C)c1C. The summed E-state index contributed by atoms with van der Waals surface area (Å²) >= 11 is 0. The molecule has 94 valence electrons. The monoisotopic (exact) mass is 236 g/mol. The van der Waals surface area contributed by atoms with E-state index in [1.807, 2.05) is 19.9 Å². The molecule has 0 aliphatic rings. The van der Waals surface area contributed by atoms with Crippen LogP contribution in [0.1, 0.15) is 23.1 Å². The summed E-state index contributed by atoms with van der Waals surface area (Å²) in [6, 6.07) is 4.11. The van der Waals surface area contributed by atoms with Gasteiger partial charge < -0.3 is 4.74 Å². The first-order chi connectivity index (χ1) is 8.06. The Morgan fingerprint density at radius 2 is 1.88 bits per heavy atom. The third-order valence-electron chi connectivity index (χ3n) is 2.71. The number of hydrazine groups is 1. The molecule has 1 aromatic rings. The molecule has 0 unspecified atom stereocenters. The van der Waals surface area contributed by atoms with E-state index in [-0.39, 0.29) is 5.91 Å². The van der Waals surface area contributed by atoms with E-state index in [4.69, 9.17) is 4.74 Å². The van der Waals surface area contributed by atoms with Crippen molar-refractivity contribution in [3.05, 3.63) is 28.8 Å². The molecule has 0 fully saturated rings. The summed E-state index contributed by atoms with van der Waals surface area (Å²) in [5.41, 5.74) is 8.53. The maximum Gasteiger partial charge on any atom is 0.237 e. The van der Waals surface area contributed by atoms with Crippen LogP contribution in [-0.4, -0.2) is 19.6 Å². The van der Waals surface area contributed by atoms with Gasteiger partial charge in [0.2, 0.25) is 5.91 Å². The highest BCUT2D eigenvalue weighted by molar-refractivity contribution is 5.75. The summed E-state index contributed by atoms with van der Waals surface area (Å²) in [5, 5.41) is 0. The van der Waals surface area contributed by atoms with Gasteiger partial charge in [-0.25, -0.2) is 5.43 Å². The van der Waals surface area contributed by atoms with Crippen LogP contribution < -0.4 is 15.6 Å². The Kier molecular flexibility index (Phi) is 4.97. The second-order valence-electron chi connectivity index (χ2n) is 4.05. The molecule has 1 rings (SSSR count). The first-order valence-electron chi connectivity index (χ1n) is 5.71. The molecule has 0 aromatic heterocycles. The van der Waals surface area contributed by atoms with Crippen LogP contribution in [0, 0.1) is 20.8 Å². The van der Waals surface area contributed by atoms with E-state index in [0.717, 1.165) is 16.9 Å². The minimum atomic E-state index is -0.0736. The van der Waals surface area contributed by atoms with Crippen molar-refractivity contribution in [2.45, 2.75) is 27.2 Å². The fourth-order valence-corrected chi connectivity index (χ4v) is 1.60. The molecular weight excluding hydrogens is 216 g/mol. The molecule has 0 saturated heterocycles. The predicted octanol–water partition coefficient (Wildman–Crippen LogP) is 1.63. The summed E-state index contributed by atoms with van der Waals surface area (Å²) in [5.74, 6) is 0.817. The summed E-state index contributed by atoms with van der Waals surface area (Å²) in [6.45, 7) is 6.48. The molecule has 0 aliphatic heterocycles. The molecule has 17 heavy (non-hydrogen) atoms. The lowest BCUT2D eigenvalue weighted by Crippen LogP contribution is -2.34. The topological polar surface area (TPSA) is 50.4 Å². The van der Waals surface area contributed by atoms with Crippen molar-refractivity contribution >= 4 is 5.91 Å². The second kappa shape index (κ2) is 6.25. The number of carbonyl (C=O) groups excluding carboxylic acids is 1. The Morgan fingerprint density at radius 1 is 1.24 bits per heavy atom. The fourth-order valence-electron chi connectivity index (χ4n) is 1.60. The number of ether oxygens (including phenoxy) is 1. The zero-order valence-electron chi connectivity index (χ0n) is 10.9. The summed E-state index contributed by atoms with van der Waals surface area (Å²) < 4.78 is 5.68. The minimum Gasteiger partial charge on any atom is -0.492 e. The first kappa shape index (κ1) is 13.5. The number of carbonyl (C=O) groups is 1. The van der Waals surface area contributed by atoms with Gasteiger partial charge in [0.25, 0.3) is 0 Å². The smallest absolute Gasteiger partial charge is 0.237 e. The van der Waals surface area contributed by atoms with Gasteiger partial charge in [0.05, 0.1) is 13.0 Å². The van der Waals surface area contributed by atoms with Crippen molar-refractivity contribution in [1.82, 2.24) is 10.9 Å². The molecule has 0 heterocycles. The Bertz CT molecular complexity index is 403. The molecule has 0 aliphatic carbocycles. The molecule has 4 nitrogen and oxygen atoms in total. The zero-order chi connectivity index (χ0) is 12.8. The van der Waals surface area contributed by atoms with Gasteiger partial charge in [-0.1, -0.05) is 12.1 Å². The van der Waals surface area contributed by atoms with Crippen LogP contribution in [-0.2, 0) is 4.79 Å². The average Bonchev–Trinajstić information content (AvgIpc) is 2.29. The highest BCUT2D eigenvalue weighted by Crippen LogP contribution is 2.25. The molecule has 0 bridgehead atoms. The molecule has 0 atom stereocenters. The fraction of sp³-hybridized carbons (Fsp3) is 0.462. The van der Waals surface area contributed by atoms with E-state index in [0.29, 0.717) is 13.0 Å². The molecule has 0 radical (unpaired) electrons. The number of aryl methyl sites for hydroxylation is 2. The Morgan fingerprint density at radius 3 is 2.53 bits per heavy atom. The van der Waals surface area contributed by atoms with Crippen molar-refractivity contribution in [3.63, 3.8) is 0 Å². The summed E-state index contributed by atoms with van der Waals surface area (Å²) in [7, 11) is 1.66. The van der Waals surface area contributed by atoms with Gasteiger partial charge in [0, 0.05) is 7.05 Å². The highest BCUT2D eigenvalue weighted by atomic mass is 16.5. The van der Waals surface area contributed by atoms with Gasteiger partial charge in [0.15, 0.2) is 0 Å². The second-order valence-corrected chi connectivity index (χ2v) is 4.05. The van der Waals surface area contributed by atoms with Crippen LogP contribution in [0.5, 0.6) is 5.75 Å². The third-order valence-corrected chi connectivity index (χ3v) is 2.71. The van der Waals surface area contributed by atoms with Crippen LogP contribution in [0.15, 0.2) is 12.1 Å². The van der Waals surface area contributed by atoms with E-state index >= 15 is 0 Å². The van der Waals surface area contributed by atoms with Crippen LogP contribution in [0.3, 0.4) is 0 Å². The van der Waals surface area contributed by atoms with Gasteiger partial charge >= 0.3 is 0 Å². The molecule has 2 N–H and O–H groups in total. The molecule has 1 aromatic carbocycles. The largest absolute Gasteiger partial charge is 0.492 e. The minimum absolute atomic E-state index is 0.0736. The lowest BCUT2D eigenvalue weighted by Gasteiger charge is -2.13. The molecule has 1 amide bonds. The van der Waals surface area contributed by atoms with Crippen molar-refractivity contribution in [3.8, 4) is 5.75 Å². The zero-order valence-corrected chi connectivity index (χ0v) is 10.9. The molecular formula is C13H20N2O2. The van der Waals surface area contributed by atoms with E-state index in [1.54, 1.807) is 7.05 Å². The van der Waals surface area contributed by atoms with Crippen molar-refractivity contribution in [2.24, 2.45) is 0 Å². The average molecular weight is 236 g/mol. The number of nitrogens with one attached hydrogen (secondary N) is 2. The standard InChI is InChI=1S/C13H20N2O2/c1-9-5-6-10(2)13(11(9)3)17-8-7-12(16)15-14-4/h5-6,14H,7-8H2,1-4H3,(H,15,16). The number of hydrogen-bond acceptors (Lipinski definition) is 3. The summed E-state index contributed by atoms with van der Waals surface area (Å²) in [4.78, 5) is 11.2. The van der Waals surface area contributed by atoms with E-state index < -0.39 is 0 Å². The third kappa shape index (κ3) is 3.75. The molecule has 0 spiro atoms. The van der Waals surface area contributed by atoms with Gasteiger partial charge in [-0.15, -0.1) is 0 Å². The Hall–Kier alpha value is -1.55.